The van der Waals surface area contributed by atoms with Crippen molar-refractivity contribution in [2.75, 3.05) is 5.32 Å². The van der Waals surface area contributed by atoms with Gasteiger partial charge in [-0.25, -0.2) is 4.98 Å². The Hall–Kier alpha value is -2.11. The number of amides is 1. The van der Waals surface area contributed by atoms with Gasteiger partial charge in [-0.3, -0.25) is 9.89 Å². The zero-order valence-corrected chi connectivity index (χ0v) is 11.7. The molecule has 0 atom stereocenters. The molecule has 102 valence electrons. The summed E-state index contributed by atoms with van der Waals surface area (Å²) < 4.78 is 1.71. The van der Waals surface area contributed by atoms with Gasteiger partial charge >= 0.3 is 0 Å². The number of hydrogen-bond acceptors (Lipinski definition) is 3. The molecule has 1 amide bonds. The number of carbonyl (C=O) groups excluding carboxylic acids is 1. The summed E-state index contributed by atoms with van der Waals surface area (Å²) >= 11 is 0. The summed E-state index contributed by atoms with van der Waals surface area (Å²) in [4.78, 5) is 16.4. The second kappa shape index (κ2) is 5.26. The third-order valence-corrected chi connectivity index (χ3v) is 3.23. The van der Waals surface area contributed by atoms with Crippen molar-refractivity contribution in [1.82, 2.24) is 19.7 Å². The molecule has 0 spiro atoms. The van der Waals surface area contributed by atoms with Gasteiger partial charge in [0.25, 0.3) is 5.91 Å². The molecule has 0 aliphatic carbocycles. The van der Waals surface area contributed by atoms with Crippen molar-refractivity contribution in [3.63, 3.8) is 0 Å². The minimum absolute atomic E-state index is 0.179. The SMILES string of the molecule is CCc1[nH]nc(NC(=O)c2c(C)ncn2C)c1CC. The lowest BCUT2D eigenvalue weighted by Gasteiger charge is -2.06. The Balaban J connectivity index is 2.27. The molecule has 0 aliphatic rings. The number of aromatic amines is 1. The number of aromatic nitrogens is 4. The van der Waals surface area contributed by atoms with Crippen molar-refractivity contribution in [2.45, 2.75) is 33.6 Å². The van der Waals surface area contributed by atoms with Gasteiger partial charge in [-0.1, -0.05) is 13.8 Å². The molecule has 0 bridgehead atoms. The van der Waals surface area contributed by atoms with E-state index in [1.807, 2.05) is 6.92 Å². The first-order valence-corrected chi connectivity index (χ1v) is 6.43. The number of aryl methyl sites for hydroxylation is 3. The number of nitrogens with zero attached hydrogens (tertiary/aromatic N) is 3. The molecule has 0 unspecified atom stereocenters. The fraction of sp³-hybridized carbons (Fsp3) is 0.462. The number of rotatable bonds is 4. The molecule has 0 radical (unpaired) electrons. The topological polar surface area (TPSA) is 75.6 Å². The van der Waals surface area contributed by atoms with E-state index in [0.717, 1.165) is 24.1 Å². The standard InChI is InChI=1S/C13H19N5O/c1-5-9-10(6-2)16-17-12(9)15-13(19)11-8(3)14-7-18(11)4/h7H,5-6H2,1-4H3,(H2,15,16,17,19). The number of nitrogens with one attached hydrogen (secondary N) is 2. The highest BCUT2D eigenvalue weighted by Gasteiger charge is 2.18. The molecule has 19 heavy (non-hydrogen) atoms. The van der Waals surface area contributed by atoms with Crippen molar-refractivity contribution in [2.24, 2.45) is 7.05 Å². The van der Waals surface area contributed by atoms with Crippen LogP contribution >= 0.6 is 0 Å². The van der Waals surface area contributed by atoms with E-state index in [4.69, 9.17) is 0 Å². The van der Waals surface area contributed by atoms with Crippen molar-refractivity contribution in [3.05, 3.63) is 29.0 Å². The lowest BCUT2D eigenvalue weighted by molar-refractivity contribution is 0.101. The Morgan fingerprint density at radius 3 is 2.68 bits per heavy atom. The van der Waals surface area contributed by atoms with Crippen LogP contribution in [0.3, 0.4) is 0 Å². The van der Waals surface area contributed by atoms with E-state index in [1.165, 1.54) is 0 Å². The molecule has 0 saturated heterocycles. The predicted molar refractivity (Wildman–Crippen MR) is 73.2 cm³/mol. The Kier molecular flexibility index (Phi) is 3.69. The zero-order valence-electron chi connectivity index (χ0n) is 11.7. The third-order valence-electron chi connectivity index (χ3n) is 3.23. The van der Waals surface area contributed by atoms with Gasteiger partial charge in [0.15, 0.2) is 5.82 Å². The van der Waals surface area contributed by atoms with Crippen LogP contribution in [0.1, 0.15) is 41.3 Å². The second-order valence-corrected chi connectivity index (χ2v) is 4.48. The fourth-order valence-corrected chi connectivity index (χ4v) is 2.22. The number of imidazole rings is 1. The highest BCUT2D eigenvalue weighted by molar-refractivity contribution is 6.03. The smallest absolute Gasteiger partial charge is 0.275 e. The van der Waals surface area contributed by atoms with Crippen LogP contribution in [-0.4, -0.2) is 25.7 Å². The molecule has 2 heterocycles. The van der Waals surface area contributed by atoms with Crippen LogP contribution < -0.4 is 5.32 Å². The molecule has 2 N–H and O–H groups in total. The molecule has 2 aromatic heterocycles. The van der Waals surface area contributed by atoms with Gasteiger partial charge in [0.1, 0.15) is 5.69 Å². The van der Waals surface area contributed by atoms with Gasteiger partial charge in [-0.05, 0) is 19.8 Å². The maximum atomic E-state index is 12.3. The lowest BCUT2D eigenvalue weighted by Crippen LogP contribution is -2.17. The van der Waals surface area contributed by atoms with E-state index in [0.29, 0.717) is 17.2 Å². The van der Waals surface area contributed by atoms with E-state index < -0.39 is 0 Å². The first-order chi connectivity index (χ1) is 9.08. The van der Waals surface area contributed by atoms with Crippen molar-refractivity contribution >= 4 is 11.7 Å². The number of carbonyl (C=O) groups is 1. The monoisotopic (exact) mass is 261 g/mol. The zero-order chi connectivity index (χ0) is 14.0. The molecule has 2 rings (SSSR count). The van der Waals surface area contributed by atoms with Crippen molar-refractivity contribution in [1.29, 1.82) is 0 Å². The second-order valence-electron chi connectivity index (χ2n) is 4.48. The number of hydrogen-bond donors (Lipinski definition) is 2. The van der Waals surface area contributed by atoms with Crippen molar-refractivity contribution in [3.8, 4) is 0 Å². The summed E-state index contributed by atoms with van der Waals surface area (Å²) in [5.74, 6) is 0.436. The Labute approximate surface area is 112 Å². The Bertz CT molecular complexity index is 577. The molecule has 0 aliphatic heterocycles. The van der Waals surface area contributed by atoms with Gasteiger partial charge in [-0.2, -0.15) is 5.10 Å². The average molecular weight is 261 g/mol. The summed E-state index contributed by atoms with van der Waals surface area (Å²) in [5.41, 5.74) is 3.41. The largest absolute Gasteiger partial charge is 0.330 e. The fourth-order valence-electron chi connectivity index (χ4n) is 2.22. The van der Waals surface area contributed by atoms with Crippen LogP contribution in [0.15, 0.2) is 6.33 Å². The van der Waals surface area contributed by atoms with Gasteiger partial charge < -0.3 is 9.88 Å². The van der Waals surface area contributed by atoms with Gasteiger partial charge in [0.2, 0.25) is 0 Å². The molecular weight excluding hydrogens is 242 g/mol. The van der Waals surface area contributed by atoms with Crippen LogP contribution in [0.4, 0.5) is 5.82 Å². The third kappa shape index (κ3) is 2.38. The molecule has 0 saturated carbocycles. The average Bonchev–Trinajstić information content (AvgIpc) is 2.92. The minimum Gasteiger partial charge on any atom is -0.330 e. The lowest BCUT2D eigenvalue weighted by atomic mass is 10.1. The summed E-state index contributed by atoms with van der Waals surface area (Å²) in [6.45, 7) is 5.93. The van der Waals surface area contributed by atoms with Crippen molar-refractivity contribution < 1.29 is 4.79 Å². The van der Waals surface area contributed by atoms with Gasteiger partial charge in [0.05, 0.1) is 12.0 Å². The highest BCUT2D eigenvalue weighted by Crippen LogP contribution is 2.19. The molecule has 6 heteroatoms. The van der Waals surface area contributed by atoms with Crippen LogP contribution in [-0.2, 0) is 19.9 Å². The summed E-state index contributed by atoms with van der Waals surface area (Å²) in [6.07, 6.45) is 3.34. The minimum atomic E-state index is -0.179. The first kappa shape index (κ1) is 13.3. The quantitative estimate of drug-likeness (QED) is 0.881. The molecule has 2 aromatic rings. The van der Waals surface area contributed by atoms with E-state index in [1.54, 1.807) is 17.9 Å². The van der Waals surface area contributed by atoms with E-state index in [2.05, 4.69) is 34.3 Å². The van der Waals surface area contributed by atoms with Crippen LogP contribution in [0.5, 0.6) is 0 Å². The maximum Gasteiger partial charge on any atom is 0.275 e. The molecule has 6 nitrogen and oxygen atoms in total. The highest BCUT2D eigenvalue weighted by atomic mass is 16.2. The normalized spacial score (nSPS) is 10.7. The molecule has 0 fully saturated rings. The maximum absolute atomic E-state index is 12.3. The van der Waals surface area contributed by atoms with E-state index in [9.17, 15) is 4.79 Å². The van der Waals surface area contributed by atoms with Crippen LogP contribution in [0.25, 0.3) is 0 Å². The summed E-state index contributed by atoms with van der Waals surface area (Å²) in [7, 11) is 1.80. The Morgan fingerprint density at radius 1 is 1.42 bits per heavy atom. The summed E-state index contributed by atoms with van der Waals surface area (Å²) in [5, 5.41) is 10.0. The van der Waals surface area contributed by atoms with E-state index in [-0.39, 0.29) is 5.91 Å². The summed E-state index contributed by atoms with van der Waals surface area (Å²) in [6, 6.07) is 0. The molecular formula is C13H19N5O. The predicted octanol–water partition coefficient (Wildman–Crippen LogP) is 1.83. The first-order valence-electron chi connectivity index (χ1n) is 6.43. The number of H-pyrrole nitrogens is 1. The van der Waals surface area contributed by atoms with Gasteiger partial charge in [-0.15, -0.1) is 0 Å². The molecule has 0 aromatic carbocycles. The van der Waals surface area contributed by atoms with Gasteiger partial charge in [0, 0.05) is 18.3 Å². The van der Waals surface area contributed by atoms with Crippen LogP contribution in [0.2, 0.25) is 0 Å². The van der Waals surface area contributed by atoms with Crippen LogP contribution in [0, 0.1) is 6.92 Å². The number of anilines is 1. The van der Waals surface area contributed by atoms with E-state index >= 15 is 0 Å². The Morgan fingerprint density at radius 2 is 2.16 bits per heavy atom.